The zero-order valence-corrected chi connectivity index (χ0v) is 22.3. The summed E-state index contributed by atoms with van der Waals surface area (Å²) in [5.41, 5.74) is 1.35. The van der Waals surface area contributed by atoms with E-state index in [-0.39, 0.29) is 45.1 Å². The smallest absolute Gasteiger partial charge is 0.417 e. The van der Waals surface area contributed by atoms with Crippen molar-refractivity contribution in [3.05, 3.63) is 83.9 Å². The highest BCUT2D eigenvalue weighted by Gasteiger charge is 2.46. The fourth-order valence-electron chi connectivity index (χ4n) is 4.34. The number of aliphatic hydroxyl groups is 1. The quantitative estimate of drug-likeness (QED) is 0.201. The molecule has 0 spiro atoms. The van der Waals surface area contributed by atoms with Gasteiger partial charge in [0.05, 0.1) is 19.1 Å². The maximum Gasteiger partial charge on any atom is 0.417 e. The lowest BCUT2D eigenvalue weighted by Gasteiger charge is -2.29. The highest BCUT2D eigenvalue weighted by Crippen LogP contribution is 2.31. The molecule has 1 aliphatic heterocycles. The summed E-state index contributed by atoms with van der Waals surface area (Å²) in [6.07, 6.45) is 0.0831. The number of cyclic esters (lactones) is 1. The number of amides is 2. The van der Waals surface area contributed by atoms with Crippen molar-refractivity contribution in [2.75, 3.05) is 26.4 Å². The third-order valence-electron chi connectivity index (χ3n) is 6.23. The summed E-state index contributed by atoms with van der Waals surface area (Å²) in [4.78, 5) is 65.4. The van der Waals surface area contributed by atoms with Crippen LogP contribution in [-0.2, 0) is 39.8 Å². The lowest BCUT2D eigenvalue weighted by atomic mass is 9.89. The Kier molecular flexibility index (Phi) is 11.7. The molecule has 0 unspecified atom stereocenters. The first kappa shape index (κ1) is 30.4. The summed E-state index contributed by atoms with van der Waals surface area (Å²) < 4.78 is 15.7. The number of carbonyl (C=O) groups is 5. The van der Waals surface area contributed by atoms with E-state index >= 15 is 0 Å². The van der Waals surface area contributed by atoms with E-state index in [1.165, 1.54) is 0 Å². The van der Waals surface area contributed by atoms with E-state index in [1.54, 1.807) is 60.7 Å². The molecule has 2 aromatic rings. The second kappa shape index (κ2) is 15.4. The zero-order chi connectivity index (χ0) is 28.9. The van der Waals surface area contributed by atoms with Crippen LogP contribution in [0.4, 0.5) is 4.79 Å². The minimum atomic E-state index is -1.59. The van der Waals surface area contributed by atoms with Gasteiger partial charge in [0.1, 0.15) is 12.6 Å². The fraction of sp³-hybridized carbons (Fsp3) is 0.367. The van der Waals surface area contributed by atoms with E-state index in [0.29, 0.717) is 17.5 Å². The van der Waals surface area contributed by atoms with Crippen molar-refractivity contribution in [3.8, 4) is 0 Å². The van der Waals surface area contributed by atoms with E-state index in [9.17, 15) is 24.0 Å². The van der Waals surface area contributed by atoms with E-state index in [2.05, 4.69) is 0 Å². The minimum Gasteiger partial charge on any atom is -0.453 e. The molecule has 0 aromatic heterocycles. The van der Waals surface area contributed by atoms with Gasteiger partial charge in [0.15, 0.2) is 17.7 Å². The predicted molar refractivity (Wildman–Crippen MR) is 143 cm³/mol. The van der Waals surface area contributed by atoms with Crippen molar-refractivity contribution in [1.29, 1.82) is 0 Å². The molecule has 1 heterocycles. The monoisotopic (exact) mass is 551 g/mol. The molecule has 0 aliphatic carbocycles. The lowest BCUT2D eigenvalue weighted by Crippen LogP contribution is -2.47. The Hall–Kier alpha value is -4.15. The molecule has 0 radical (unpaired) electrons. The average Bonchev–Trinajstić information content (AvgIpc) is 3.35. The van der Waals surface area contributed by atoms with E-state index in [1.807, 2.05) is 0 Å². The van der Waals surface area contributed by atoms with Crippen LogP contribution < -0.4 is 0 Å². The molecule has 1 fully saturated rings. The number of allylic oxidation sites excluding steroid dienone is 1. The van der Waals surface area contributed by atoms with Crippen LogP contribution in [-0.4, -0.2) is 72.1 Å². The number of aliphatic hydroxyl groups excluding tert-OH is 1. The SMILES string of the molecule is CC(=O)O[C@H](C(=O)C=CC(=O)CCCOCCO)[C@H](Cc1ccccc1)C(=O)N1C(=O)OC[C@@H]1c1ccccc1. The van der Waals surface area contributed by atoms with Crippen molar-refractivity contribution in [2.24, 2.45) is 5.92 Å². The Labute approximate surface area is 232 Å². The Morgan fingerprint density at radius 3 is 2.35 bits per heavy atom. The van der Waals surface area contributed by atoms with Gasteiger partial charge in [-0.2, -0.15) is 0 Å². The number of esters is 1. The summed E-state index contributed by atoms with van der Waals surface area (Å²) in [6, 6.07) is 17.0. The average molecular weight is 552 g/mol. The van der Waals surface area contributed by atoms with Crippen molar-refractivity contribution >= 4 is 29.5 Å². The molecular formula is C30H33NO9. The van der Waals surface area contributed by atoms with E-state index in [4.69, 9.17) is 19.3 Å². The first-order valence-corrected chi connectivity index (χ1v) is 13.0. The van der Waals surface area contributed by atoms with Crippen LogP contribution in [0.2, 0.25) is 0 Å². The number of imide groups is 1. The third-order valence-corrected chi connectivity index (χ3v) is 6.23. The number of ketones is 2. The summed E-state index contributed by atoms with van der Waals surface area (Å²) in [6.45, 7) is 1.37. The Balaban J connectivity index is 1.88. The number of carbonyl (C=O) groups excluding carboxylic acids is 5. The van der Waals surface area contributed by atoms with E-state index < -0.39 is 41.8 Å². The largest absolute Gasteiger partial charge is 0.453 e. The molecule has 2 aromatic carbocycles. The standard InChI is InChI=1S/C30H33NO9/c1-21(33)40-28(27(35)15-14-24(34)13-8-17-38-18-16-32)25(19-22-9-4-2-5-10-22)29(36)31-26(20-39-30(31)37)23-11-6-3-7-12-23/h2-7,9-12,14-15,25-26,28,32H,8,13,16-20H2,1H3/t25-,26+,28-/m0/s1. The van der Waals surface area contributed by atoms with Gasteiger partial charge in [0, 0.05) is 20.0 Å². The summed E-state index contributed by atoms with van der Waals surface area (Å²) in [5.74, 6) is -3.93. The van der Waals surface area contributed by atoms with Crippen LogP contribution in [0.1, 0.15) is 36.9 Å². The zero-order valence-electron chi connectivity index (χ0n) is 22.3. The second-order valence-electron chi connectivity index (χ2n) is 9.18. The number of benzene rings is 2. The third kappa shape index (κ3) is 8.69. The minimum absolute atomic E-state index is 0.0152. The van der Waals surface area contributed by atoms with Crippen molar-refractivity contribution in [3.63, 3.8) is 0 Å². The van der Waals surface area contributed by atoms with Crippen LogP contribution in [0.25, 0.3) is 0 Å². The summed E-state index contributed by atoms with van der Waals surface area (Å²) >= 11 is 0. The van der Waals surface area contributed by atoms with E-state index in [0.717, 1.165) is 24.0 Å². The molecule has 3 atom stereocenters. The molecule has 0 bridgehead atoms. The molecule has 212 valence electrons. The van der Waals surface area contributed by atoms with Gasteiger partial charge in [-0.15, -0.1) is 0 Å². The molecule has 1 saturated heterocycles. The number of hydrogen-bond acceptors (Lipinski definition) is 9. The number of ether oxygens (including phenoxy) is 3. The normalized spacial score (nSPS) is 16.4. The van der Waals surface area contributed by atoms with Gasteiger partial charge >= 0.3 is 12.1 Å². The molecule has 40 heavy (non-hydrogen) atoms. The lowest BCUT2D eigenvalue weighted by molar-refractivity contribution is -0.158. The van der Waals surface area contributed by atoms with Gasteiger partial charge in [-0.25, -0.2) is 9.69 Å². The van der Waals surface area contributed by atoms with Crippen molar-refractivity contribution < 1.29 is 43.3 Å². The molecular weight excluding hydrogens is 518 g/mol. The van der Waals surface area contributed by atoms with Gasteiger partial charge in [-0.05, 0) is 36.1 Å². The fourth-order valence-corrected chi connectivity index (χ4v) is 4.34. The summed E-state index contributed by atoms with van der Waals surface area (Å²) in [5, 5.41) is 8.74. The topological polar surface area (TPSA) is 137 Å². The van der Waals surface area contributed by atoms with Gasteiger partial charge in [-0.3, -0.25) is 19.2 Å². The highest BCUT2D eigenvalue weighted by molar-refractivity contribution is 6.04. The Morgan fingerprint density at radius 1 is 1.02 bits per heavy atom. The first-order valence-electron chi connectivity index (χ1n) is 13.0. The molecule has 10 heteroatoms. The first-order chi connectivity index (χ1) is 19.3. The van der Waals surface area contributed by atoms with Crippen LogP contribution >= 0.6 is 0 Å². The van der Waals surface area contributed by atoms with Crippen molar-refractivity contribution in [1.82, 2.24) is 4.90 Å². The molecule has 0 saturated carbocycles. The second-order valence-corrected chi connectivity index (χ2v) is 9.18. The van der Waals surface area contributed by atoms with Crippen LogP contribution in [0, 0.1) is 5.92 Å². The molecule has 10 nitrogen and oxygen atoms in total. The summed E-state index contributed by atoms with van der Waals surface area (Å²) in [7, 11) is 0. The molecule has 1 N–H and O–H groups in total. The number of rotatable bonds is 15. The van der Waals surface area contributed by atoms with Gasteiger partial charge in [0.25, 0.3) is 0 Å². The van der Waals surface area contributed by atoms with Crippen LogP contribution in [0.3, 0.4) is 0 Å². The molecule has 3 rings (SSSR count). The predicted octanol–water partition coefficient (Wildman–Crippen LogP) is 2.98. The number of hydrogen-bond donors (Lipinski definition) is 1. The Morgan fingerprint density at radius 2 is 1.70 bits per heavy atom. The van der Waals surface area contributed by atoms with Gasteiger partial charge in [0.2, 0.25) is 5.91 Å². The maximum absolute atomic E-state index is 14.0. The van der Waals surface area contributed by atoms with Gasteiger partial charge in [-0.1, -0.05) is 60.7 Å². The van der Waals surface area contributed by atoms with Gasteiger partial charge < -0.3 is 19.3 Å². The Bertz CT molecular complexity index is 1200. The maximum atomic E-state index is 14.0. The number of nitrogens with zero attached hydrogens (tertiary/aromatic N) is 1. The molecule has 2 amide bonds. The van der Waals surface area contributed by atoms with Crippen molar-refractivity contribution in [2.45, 2.75) is 38.3 Å². The van der Waals surface area contributed by atoms with Crippen LogP contribution in [0.5, 0.6) is 0 Å². The highest BCUT2D eigenvalue weighted by atomic mass is 16.6. The molecule has 1 aliphatic rings. The van der Waals surface area contributed by atoms with Crippen LogP contribution in [0.15, 0.2) is 72.8 Å².